The van der Waals surface area contributed by atoms with Crippen LogP contribution < -0.4 is 5.32 Å². The van der Waals surface area contributed by atoms with Crippen LogP contribution >= 0.6 is 0 Å². The minimum absolute atomic E-state index is 0.0753. The van der Waals surface area contributed by atoms with Gasteiger partial charge in [0.05, 0.1) is 0 Å². The molecule has 0 aliphatic heterocycles. The molecule has 3 aromatic carbocycles. The Balaban J connectivity index is 2.02. The standard InChI is InChI=1S/C22H25NO/c1-15(2)22(23-16(3)17-9-5-4-6-10-17)21-19-12-8-7-11-18(19)13-14-20(21)24/h4-16,22-24H,1-3H3/t16-,22-/m0/s1. The van der Waals surface area contributed by atoms with Crippen LogP contribution in [-0.2, 0) is 0 Å². The summed E-state index contributed by atoms with van der Waals surface area (Å²) in [5.41, 5.74) is 2.24. The molecule has 124 valence electrons. The molecule has 0 heterocycles. The maximum atomic E-state index is 10.6. The summed E-state index contributed by atoms with van der Waals surface area (Å²) in [6.45, 7) is 6.56. The monoisotopic (exact) mass is 319 g/mol. The van der Waals surface area contributed by atoms with E-state index in [4.69, 9.17) is 0 Å². The topological polar surface area (TPSA) is 32.3 Å². The summed E-state index contributed by atoms with van der Waals surface area (Å²) in [5, 5.41) is 16.6. The van der Waals surface area contributed by atoms with Crippen molar-refractivity contribution in [3.8, 4) is 5.75 Å². The van der Waals surface area contributed by atoms with Crippen LogP contribution in [0.5, 0.6) is 5.75 Å². The van der Waals surface area contributed by atoms with Crippen molar-refractivity contribution in [2.24, 2.45) is 5.92 Å². The number of phenols is 1. The molecular formula is C22H25NO. The Morgan fingerprint density at radius 3 is 2.17 bits per heavy atom. The first kappa shape index (κ1) is 16.5. The van der Waals surface area contributed by atoms with E-state index in [0.29, 0.717) is 11.7 Å². The molecule has 24 heavy (non-hydrogen) atoms. The van der Waals surface area contributed by atoms with Gasteiger partial charge in [0.2, 0.25) is 0 Å². The van der Waals surface area contributed by atoms with E-state index in [-0.39, 0.29) is 12.1 Å². The zero-order valence-corrected chi connectivity index (χ0v) is 14.5. The first-order valence-corrected chi connectivity index (χ1v) is 8.59. The number of phenolic OH excluding ortho intramolecular Hbond substituents is 1. The lowest BCUT2D eigenvalue weighted by Gasteiger charge is -2.29. The molecule has 2 atom stereocenters. The van der Waals surface area contributed by atoms with Gasteiger partial charge in [0.25, 0.3) is 0 Å². The molecule has 0 aromatic heterocycles. The van der Waals surface area contributed by atoms with Crippen molar-refractivity contribution in [1.29, 1.82) is 0 Å². The second-order valence-corrected chi connectivity index (χ2v) is 6.74. The van der Waals surface area contributed by atoms with Crippen molar-refractivity contribution in [1.82, 2.24) is 5.32 Å². The molecule has 0 amide bonds. The van der Waals surface area contributed by atoms with E-state index in [0.717, 1.165) is 16.3 Å². The van der Waals surface area contributed by atoms with E-state index in [1.165, 1.54) is 5.56 Å². The van der Waals surface area contributed by atoms with Crippen molar-refractivity contribution in [3.63, 3.8) is 0 Å². The maximum Gasteiger partial charge on any atom is 0.121 e. The van der Waals surface area contributed by atoms with Crippen LogP contribution in [0.3, 0.4) is 0 Å². The molecular weight excluding hydrogens is 294 g/mol. The van der Waals surface area contributed by atoms with E-state index in [1.807, 2.05) is 30.3 Å². The van der Waals surface area contributed by atoms with Crippen LogP contribution in [0.1, 0.15) is 44.0 Å². The van der Waals surface area contributed by atoms with Crippen LogP contribution in [0.25, 0.3) is 10.8 Å². The largest absolute Gasteiger partial charge is 0.508 e. The predicted molar refractivity (Wildman–Crippen MR) is 101 cm³/mol. The highest BCUT2D eigenvalue weighted by atomic mass is 16.3. The highest BCUT2D eigenvalue weighted by molar-refractivity contribution is 5.88. The zero-order valence-electron chi connectivity index (χ0n) is 14.5. The molecule has 0 saturated heterocycles. The first-order chi connectivity index (χ1) is 11.6. The Kier molecular flexibility index (Phi) is 4.86. The number of hydrogen-bond donors (Lipinski definition) is 2. The lowest BCUT2D eigenvalue weighted by Crippen LogP contribution is -2.28. The van der Waals surface area contributed by atoms with Gasteiger partial charge < -0.3 is 10.4 Å². The quantitative estimate of drug-likeness (QED) is 0.642. The highest BCUT2D eigenvalue weighted by Gasteiger charge is 2.23. The van der Waals surface area contributed by atoms with Crippen molar-refractivity contribution in [2.75, 3.05) is 0 Å². The van der Waals surface area contributed by atoms with Gasteiger partial charge >= 0.3 is 0 Å². The Bertz CT molecular complexity index is 811. The number of fused-ring (bicyclic) bond motifs is 1. The van der Waals surface area contributed by atoms with Crippen molar-refractivity contribution in [2.45, 2.75) is 32.9 Å². The lowest BCUT2D eigenvalue weighted by atomic mass is 9.89. The molecule has 0 spiro atoms. The van der Waals surface area contributed by atoms with Crippen LogP contribution in [0.2, 0.25) is 0 Å². The van der Waals surface area contributed by atoms with Crippen LogP contribution in [0, 0.1) is 5.92 Å². The Hall–Kier alpha value is -2.32. The highest BCUT2D eigenvalue weighted by Crippen LogP contribution is 2.37. The Morgan fingerprint density at radius 1 is 0.792 bits per heavy atom. The van der Waals surface area contributed by atoms with Gasteiger partial charge in [0, 0.05) is 17.6 Å². The van der Waals surface area contributed by atoms with Gasteiger partial charge in [-0.1, -0.05) is 74.5 Å². The number of benzene rings is 3. The third-order valence-electron chi connectivity index (χ3n) is 4.65. The van der Waals surface area contributed by atoms with Crippen LogP contribution in [-0.4, -0.2) is 5.11 Å². The van der Waals surface area contributed by atoms with Crippen molar-refractivity contribution < 1.29 is 5.11 Å². The molecule has 0 aliphatic carbocycles. The van der Waals surface area contributed by atoms with Crippen LogP contribution in [0.4, 0.5) is 0 Å². The van der Waals surface area contributed by atoms with Gasteiger partial charge in [0.15, 0.2) is 0 Å². The lowest BCUT2D eigenvalue weighted by molar-refractivity contribution is 0.361. The second kappa shape index (κ2) is 7.06. The minimum Gasteiger partial charge on any atom is -0.508 e. The number of nitrogens with one attached hydrogen (secondary N) is 1. The van der Waals surface area contributed by atoms with Gasteiger partial charge in [-0.05, 0) is 35.2 Å². The van der Waals surface area contributed by atoms with Gasteiger partial charge in [-0.3, -0.25) is 0 Å². The third kappa shape index (κ3) is 3.29. The summed E-state index contributed by atoms with van der Waals surface area (Å²) in [4.78, 5) is 0. The summed E-state index contributed by atoms with van der Waals surface area (Å²) >= 11 is 0. The molecule has 0 fully saturated rings. The first-order valence-electron chi connectivity index (χ1n) is 8.59. The fraction of sp³-hybridized carbons (Fsp3) is 0.273. The number of aromatic hydroxyl groups is 1. The van der Waals surface area contributed by atoms with Crippen LogP contribution in [0.15, 0.2) is 66.7 Å². The molecule has 3 rings (SSSR count). The fourth-order valence-corrected chi connectivity index (χ4v) is 3.33. The molecule has 2 N–H and O–H groups in total. The van der Waals surface area contributed by atoms with Gasteiger partial charge in [-0.25, -0.2) is 0 Å². The summed E-state index contributed by atoms with van der Waals surface area (Å²) in [6, 6.07) is 22.8. The third-order valence-corrected chi connectivity index (χ3v) is 4.65. The normalized spacial score (nSPS) is 14.0. The second-order valence-electron chi connectivity index (χ2n) is 6.74. The van der Waals surface area contributed by atoms with E-state index < -0.39 is 0 Å². The van der Waals surface area contributed by atoms with E-state index in [9.17, 15) is 5.11 Å². The SMILES string of the molecule is CC(C)[C@H](N[C@@H](C)c1ccccc1)c1c(O)ccc2ccccc12. The Labute approximate surface area is 144 Å². The number of rotatable bonds is 5. The van der Waals surface area contributed by atoms with Gasteiger partial charge in [-0.15, -0.1) is 0 Å². The zero-order chi connectivity index (χ0) is 17.1. The molecule has 0 aliphatic rings. The van der Waals surface area contributed by atoms with E-state index in [2.05, 4.69) is 62.5 Å². The molecule has 0 bridgehead atoms. The smallest absolute Gasteiger partial charge is 0.121 e. The molecule has 3 aromatic rings. The van der Waals surface area contributed by atoms with Gasteiger partial charge in [0.1, 0.15) is 5.75 Å². The predicted octanol–water partition coefficient (Wildman–Crippen LogP) is 5.59. The molecule has 0 radical (unpaired) electrons. The maximum absolute atomic E-state index is 10.6. The Morgan fingerprint density at radius 2 is 1.46 bits per heavy atom. The molecule has 0 saturated carbocycles. The average molecular weight is 319 g/mol. The molecule has 2 heteroatoms. The van der Waals surface area contributed by atoms with Crippen molar-refractivity contribution in [3.05, 3.63) is 77.9 Å². The number of hydrogen-bond acceptors (Lipinski definition) is 2. The summed E-state index contributed by atoms with van der Waals surface area (Å²) in [5.74, 6) is 0.716. The molecule has 0 unspecified atom stereocenters. The van der Waals surface area contributed by atoms with E-state index >= 15 is 0 Å². The van der Waals surface area contributed by atoms with Gasteiger partial charge in [-0.2, -0.15) is 0 Å². The molecule has 2 nitrogen and oxygen atoms in total. The minimum atomic E-state index is 0.0753. The average Bonchev–Trinajstić information content (AvgIpc) is 2.60. The fourth-order valence-electron chi connectivity index (χ4n) is 3.33. The summed E-state index contributed by atoms with van der Waals surface area (Å²) in [6.07, 6.45) is 0. The summed E-state index contributed by atoms with van der Waals surface area (Å²) in [7, 11) is 0. The summed E-state index contributed by atoms with van der Waals surface area (Å²) < 4.78 is 0. The van der Waals surface area contributed by atoms with E-state index in [1.54, 1.807) is 0 Å². The van der Waals surface area contributed by atoms with Crippen molar-refractivity contribution >= 4 is 10.8 Å².